The number of aryl methyl sites for hydroxylation is 3. The molecule has 0 aliphatic heterocycles. The van der Waals surface area contributed by atoms with Crippen LogP contribution in [0.4, 0.5) is 21.5 Å². The fourth-order valence-corrected chi connectivity index (χ4v) is 2.15. The van der Waals surface area contributed by atoms with Crippen molar-refractivity contribution in [3.8, 4) is 0 Å². The SMILES string of the molecule is Cc1cc(C)c(Nc2cc(F)ccc2N)c(C)c1. The third-order valence-electron chi connectivity index (χ3n) is 2.95. The highest BCUT2D eigenvalue weighted by Crippen LogP contribution is 2.29. The van der Waals surface area contributed by atoms with E-state index >= 15 is 0 Å². The van der Waals surface area contributed by atoms with Gasteiger partial charge in [-0.15, -0.1) is 0 Å². The molecule has 0 aromatic heterocycles. The van der Waals surface area contributed by atoms with Crippen LogP contribution in [0.15, 0.2) is 30.3 Å². The summed E-state index contributed by atoms with van der Waals surface area (Å²) >= 11 is 0. The van der Waals surface area contributed by atoms with Gasteiger partial charge in [0.25, 0.3) is 0 Å². The first-order chi connectivity index (χ1) is 8.47. The molecule has 0 aliphatic carbocycles. The highest BCUT2D eigenvalue weighted by Gasteiger charge is 2.07. The van der Waals surface area contributed by atoms with Crippen LogP contribution in [-0.4, -0.2) is 0 Å². The van der Waals surface area contributed by atoms with Gasteiger partial charge >= 0.3 is 0 Å². The Bertz CT molecular complexity index is 568. The largest absolute Gasteiger partial charge is 0.397 e. The van der Waals surface area contributed by atoms with Gasteiger partial charge in [0.05, 0.1) is 11.4 Å². The maximum Gasteiger partial charge on any atom is 0.125 e. The van der Waals surface area contributed by atoms with Crippen LogP contribution in [0.1, 0.15) is 16.7 Å². The lowest BCUT2D eigenvalue weighted by Gasteiger charge is -2.15. The topological polar surface area (TPSA) is 38.0 Å². The van der Waals surface area contributed by atoms with Crippen molar-refractivity contribution in [3.63, 3.8) is 0 Å². The van der Waals surface area contributed by atoms with Crippen molar-refractivity contribution in [2.45, 2.75) is 20.8 Å². The van der Waals surface area contributed by atoms with Crippen LogP contribution < -0.4 is 11.1 Å². The fraction of sp³-hybridized carbons (Fsp3) is 0.200. The molecule has 2 nitrogen and oxygen atoms in total. The summed E-state index contributed by atoms with van der Waals surface area (Å²) < 4.78 is 13.2. The van der Waals surface area contributed by atoms with Crippen molar-refractivity contribution >= 4 is 17.1 Å². The van der Waals surface area contributed by atoms with Gasteiger partial charge in [-0.05, 0) is 50.1 Å². The smallest absolute Gasteiger partial charge is 0.125 e. The zero-order valence-electron chi connectivity index (χ0n) is 10.8. The Hall–Kier alpha value is -2.03. The van der Waals surface area contributed by atoms with Gasteiger partial charge in [-0.1, -0.05) is 17.7 Å². The third kappa shape index (κ3) is 2.45. The van der Waals surface area contributed by atoms with Crippen LogP contribution in [0.5, 0.6) is 0 Å². The minimum atomic E-state index is -0.297. The second-order valence-corrected chi connectivity index (χ2v) is 4.63. The molecule has 3 heteroatoms. The first-order valence-electron chi connectivity index (χ1n) is 5.87. The molecular weight excluding hydrogens is 227 g/mol. The van der Waals surface area contributed by atoms with Gasteiger partial charge in [0.1, 0.15) is 5.82 Å². The molecule has 0 bridgehead atoms. The Morgan fingerprint density at radius 2 is 1.61 bits per heavy atom. The number of nitrogen functional groups attached to an aromatic ring is 1. The van der Waals surface area contributed by atoms with Gasteiger partial charge in [0.2, 0.25) is 0 Å². The second kappa shape index (κ2) is 4.69. The van der Waals surface area contributed by atoms with Crippen molar-refractivity contribution in [2.75, 3.05) is 11.1 Å². The van der Waals surface area contributed by atoms with E-state index in [4.69, 9.17) is 5.73 Å². The summed E-state index contributed by atoms with van der Waals surface area (Å²) in [7, 11) is 0. The molecule has 0 atom stereocenters. The minimum Gasteiger partial charge on any atom is -0.397 e. The molecule has 2 aromatic carbocycles. The van der Waals surface area contributed by atoms with Crippen LogP contribution in [0.2, 0.25) is 0 Å². The molecule has 94 valence electrons. The van der Waals surface area contributed by atoms with Crippen LogP contribution >= 0.6 is 0 Å². The Morgan fingerprint density at radius 1 is 1.00 bits per heavy atom. The first-order valence-corrected chi connectivity index (χ1v) is 5.87. The number of rotatable bonds is 2. The van der Waals surface area contributed by atoms with Gasteiger partial charge in [0, 0.05) is 5.69 Å². The van der Waals surface area contributed by atoms with E-state index < -0.39 is 0 Å². The summed E-state index contributed by atoms with van der Waals surface area (Å²) in [5.74, 6) is -0.297. The molecule has 0 amide bonds. The minimum absolute atomic E-state index is 0.297. The average molecular weight is 244 g/mol. The van der Waals surface area contributed by atoms with Crippen molar-refractivity contribution < 1.29 is 4.39 Å². The molecule has 0 spiro atoms. The van der Waals surface area contributed by atoms with Crippen molar-refractivity contribution in [1.29, 1.82) is 0 Å². The number of hydrogen-bond donors (Lipinski definition) is 2. The number of nitrogens with two attached hydrogens (primary N) is 1. The normalized spacial score (nSPS) is 10.4. The second-order valence-electron chi connectivity index (χ2n) is 4.63. The predicted molar refractivity (Wildman–Crippen MR) is 74.7 cm³/mol. The molecule has 2 aromatic rings. The summed E-state index contributed by atoms with van der Waals surface area (Å²) in [6, 6.07) is 8.51. The average Bonchev–Trinajstić information content (AvgIpc) is 2.28. The molecule has 0 unspecified atom stereocenters. The lowest BCUT2D eigenvalue weighted by atomic mass is 10.0. The highest BCUT2D eigenvalue weighted by molar-refractivity contribution is 5.75. The van der Waals surface area contributed by atoms with E-state index in [0.29, 0.717) is 11.4 Å². The molecule has 0 aliphatic rings. The van der Waals surface area contributed by atoms with Gasteiger partial charge in [-0.2, -0.15) is 0 Å². The highest BCUT2D eigenvalue weighted by atomic mass is 19.1. The third-order valence-corrected chi connectivity index (χ3v) is 2.95. The molecule has 0 saturated carbocycles. The molecule has 0 heterocycles. The summed E-state index contributed by atoms with van der Waals surface area (Å²) in [6.07, 6.45) is 0. The van der Waals surface area contributed by atoms with Crippen molar-refractivity contribution in [1.82, 2.24) is 0 Å². The predicted octanol–water partition coefficient (Wildman–Crippen LogP) is 4.08. The van der Waals surface area contributed by atoms with E-state index in [2.05, 4.69) is 24.4 Å². The van der Waals surface area contributed by atoms with E-state index in [1.165, 1.54) is 17.7 Å². The lowest BCUT2D eigenvalue weighted by Crippen LogP contribution is -2.00. The Kier molecular flexibility index (Phi) is 3.24. The number of benzene rings is 2. The summed E-state index contributed by atoms with van der Waals surface area (Å²) in [5.41, 5.74) is 11.4. The van der Waals surface area contributed by atoms with E-state index in [1.807, 2.05) is 13.8 Å². The molecule has 0 radical (unpaired) electrons. The van der Waals surface area contributed by atoms with Crippen LogP contribution in [-0.2, 0) is 0 Å². The zero-order chi connectivity index (χ0) is 13.3. The maximum absolute atomic E-state index is 13.2. The Morgan fingerprint density at radius 3 is 2.22 bits per heavy atom. The lowest BCUT2D eigenvalue weighted by molar-refractivity contribution is 0.628. The summed E-state index contributed by atoms with van der Waals surface area (Å²) in [5, 5.41) is 3.21. The van der Waals surface area contributed by atoms with E-state index in [9.17, 15) is 4.39 Å². The standard InChI is InChI=1S/C15H17FN2/c1-9-6-10(2)15(11(3)7-9)18-14-8-12(16)4-5-13(14)17/h4-8,18H,17H2,1-3H3. The van der Waals surface area contributed by atoms with E-state index in [0.717, 1.165) is 16.8 Å². The van der Waals surface area contributed by atoms with Gasteiger partial charge in [-0.25, -0.2) is 4.39 Å². The maximum atomic E-state index is 13.2. The summed E-state index contributed by atoms with van der Waals surface area (Å²) in [4.78, 5) is 0. The monoisotopic (exact) mass is 244 g/mol. The first kappa shape index (κ1) is 12.4. The van der Waals surface area contributed by atoms with Crippen LogP contribution in [0.25, 0.3) is 0 Å². The van der Waals surface area contributed by atoms with Crippen LogP contribution in [0, 0.1) is 26.6 Å². The summed E-state index contributed by atoms with van der Waals surface area (Å²) in [6.45, 7) is 6.11. The molecule has 18 heavy (non-hydrogen) atoms. The van der Waals surface area contributed by atoms with Gasteiger partial charge < -0.3 is 11.1 Å². The van der Waals surface area contributed by atoms with E-state index in [1.54, 1.807) is 6.07 Å². The van der Waals surface area contributed by atoms with Gasteiger partial charge in [-0.3, -0.25) is 0 Å². The molecule has 0 fully saturated rings. The fourth-order valence-electron chi connectivity index (χ4n) is 2.15. The number of hydrogen-bond acceptors (Lipinski definition) is 2. The molecule has 3 N–H and O–H groups in total. The number of nitrogens with one attached hydrogen (secondary N) is 1. The molecular formula is C15H17FN2. The number of halogens is 1. The Labute approximate surface area is 107 Å². The van der Waals surface area contributed by atoms with Crippen molar-refractivity contribution in [2.24, 2.45) is 0 Å². The zero-order valence-corrected chi connectivity index (χ0v) is 10.8. The van der Waals surface area contributed by atoms with Gasteiger partial charge in [0.15, 0.2) is 0 Å². The molecule has 2 rings (SSSR count). The quantitative estimate of drug-likeness (QED) is 0.781. The molecule has 0 saturated heterocycles. The van der Waals surface area contributed by atoms with E-state index in [-0.39, 0.29) is 5.82 Å². The Balaban J connectivity index is 2.43. The number of anilines is 3. The van der Waals surface area contributed by atoms with Crippen LogP contribution in [0.3, 0.4) is 0 Å². The van der Waals surface area contributed by atoms with Crippen molar-refractivity contribution in [3.05, 3.63) is 52.8 Å².